The Kier molecular flexibility index (Phi) is 5.92. The summed E-state index contributed by atoms with van der Waals surface area (Å²) in [4.78, 5) is 31.4. The normalized spacial score (nSPS) is 26.6. The first-order chi connectivity index (χ1) is 13.9. The summed E-state index contributed by atoms with van der Waals surface area (Å²) in [6, 6.07) is 0.362. The average molecular weight is 404 g/mol. The number of hydrogen-bond donors (Lipinski definition) is 2. The number of piperazine rings is 1. The molecule has 8 heteroatoms. The number of rotatable bonds is 6. The number of nitrogens with zero attached hydrogens (tertiary/aromatic N) is 4. The van der Waals surface area contributed by atoms with E-state index in [1.54, 1.807) is 0 Å². The van der Waals surface area contributed by atoms with Crippen LogP contribution in [0.4, 0.5) is 0 Å². The predicted octanol–water partition coefficient (Wildman–Crippen LogP) is 1.54. The summed E-state index contributed by atoms with van der Waals surface area (Å²) in [5, 5.41) is 16.6. The molecule has 2 N–H and O–H groups in total. The van der Waals surface area contributed by atoms with Gasteiger partial charge in [0.1, 0.15) is 0 Å². The maximum atomic E-state index is 13.4. The molecular formula is C21H33N5O3. The Balaban J connectivity index is 1.48. The van der Waals surface area contributed by atoms with Gasteiger partial charge in [0.15, 0.2) is 0 Å². The molecule has 1 saturated carbocycles. The van der Waals surface area contributed by atoms with Gasteiger partial charge in [-0.3, -0.25) is 19.6 Å². The van der Waals surface area contributed by atoms with Crippen LogP contribution in [0.3, 0.4) is 0 Å². The summed E-state index contributed by atoms with van der Waals surface area (Å²) in [7, 11) is 2.14. The largest absolute Gasteiger partial charge is 0.481 e. The number of likely N-dealkylation sites (tertiary alicyclic amines) is 1. The Morgan fingerprint density at radius 3 is 2.52 bits per heavy atom. The summed E-state index contributed by atoms with van der Waals surface area (Å²) in [5.74, 6) is -0.0732. The number of carboxylic acids is 1. The van der Waals surface area contributed by atoms with Crippen LogP contribution < -0.4 is 0 Å². The van der Waals surface area contributed by atoms with Gasteiger partial charge in [-0.15, -0.1) is 0 Å². The molecule has 0 radical (unpaired) electrons. The van der Waals surface area contributed by atoms with Crippen LogP contribution in [-0.4, -0.2) is 94.2 Å². The number of nitrogens with one attached hydrogen (secondary N) is 1. The van der Waals surface area contributed by atoms with Crippen LogP contribution in [0.1, 0.15) is 59.8 Å². The Morgan fingerprint density at radius 1 is 1.14 bits per heavy atom. The van der Waals surface area contributed by atoms with E-state index < -0.39 is 5.97 Å². The van der Waals surface area contributed by atoms with Crippen molar-refractivity contribution < 1.29 is 14.7 Å². The van der Waals surface area contributed by atoms with Gasteiger partial charge in [0.25, 0.3) is 5.91 Å². The van der Waals surface area contributed by atoms with Crippen LogP contribution in [0.5, 0.6) is 0 Å². The highest BCUT2D eigenvalue weighted by Gasteiger charge is 2.39. The quantitative estimate of drug-likeness (QED) is 0.749. The van der Waals surface area contributed by atoms with Gasteiger partial charge in [-0.25, -0.2) is 0 Å². The molecule has 3 aliphatic rings. The Bertz CT molecular complexity index is 751. The number of aryl methyl sites for hydroxylation is 1. The Morgan fingerprint density at radius 2 is 1.86 bits per heavy atom. The van der Waals surface area contributed by atoms with E-state index in [-0.39, 0.29) is 18.2 Å². The van der Waals surface area contributed by atoms with Crippen LogP contribution in [0.2, 0.25) is 0 Å². The van der Waals surface area contributed by atoms with Crippen molar-refractivity contribution in [3.8, 4) is 0 Å². The summed E-state index contributed by atoms with van der Waals surface area (Å²) < 4.78 is 0. The predicted molar refractivity (Wildman–Crippen MR) is 109 cm³/mol. The lowest BCUT2D eigenvalue weighted by Crippen LogP contribution is -2.57. The maximum absolute atomic E-state index is 13.4. The van der Waals surface area contributed by atoms with Gasteiger partial charge < -0.3 is 14.9 Å². The fraction of sp³-hybridized carbons (Fsp3) is 0.762. The molecular weight excluding hydrogens is 370 g/mol. The van der Waals surface area contributed by atoms with E-state index in [2.05, 4.69) is 27.0 Å². The standard InChI is InChI=1S/C21H33N5O3/c1-14-19(20(23-22-14)15-3-4-15)21(29)26-8-7-17(16(13-26)5-6-18(27)28)25-11-9-24(2)10-12-25/h15-17H,3-13H2,1-2H3,(H,22,23)(H,27,28)/t16-,17+/m1/s1. The van der Waals surface area contributed by atoms with Crippen LogP contribution >= 0.6 is 0 Å². The number of hydrogen-bond acceptors (Lipinski definition) is 5. The monoisotopic (exact) mass is 403 g/mol. The highest BCUT2D eigenvalue weighted by molar-refractivity contribution is 5.96. The molecule has 1 aromatic rings. The summed E-state index contributed by atoms with van der Waals surface area (Å²) in [5.41, 5.74) is 2.53. The second-order valence-corrected chi connectivity index (χ2v) is 9.02. The molecule has 2 atom stereocenters. The summed E-state index contributed by atoms with van der Waals surface area (Å²) >= 11 is 0. The van der Waals surface area contributed by atoms with Crippen LogP contribution in [0, 0.1) is 12.8 Å². The summed E-state index contributed by atoms with van der Waals surface area (Å²) in [6.07, 6.45) is 3.91. The Labute approximate surface area is 172 Å². The van der Waals surface area contributed by atoms with E-state index in [0.717, 1.165) is 68.9 Å². The highest BCUT2D eigenvalue weighted by atomic mass is 16.4. The number of carboxylic acid groups (broad SMARTS) is 1. The number of aromatic amines is 1. The van der Waals surface area contributed by atoms with Crippen LogP contribution in [0.25, 0.3) is 0 Å². The zero-order chi connectivity index (χ0) is 20.5. The van der Waals surface area contributed by atoms with E-state index in [0.29, 0.717) is 24.9 Å². The lowest BCUT2D eigenvalue weighted by atomic mass is 9.86. The smallest absolute Gasteiger partial charge is 0.303 e. The molecule has 29 heavy (non-hydrogen) atoms. The first-order valence-corrected chi connectivity index (χ1v) is 10.9. The van der Waals surface area contributed by atoms with Gasteiger partial charge >= 0.3 is 5.97 Å². The van der Waals surface area contributed by atoms with Gasteiger partial charge in [-0.1, -0.05) is 0 Å². The zero-order valence-corrected chi connectivity index (χ0v) is 17.6. The van der Waals surface area contributed by atoms with Crippen molar-refractivity contribution in [3.05, 3.63) is 17.0 Å². The number of H-pyrrole nitrogens is 1. The third-order valence-corrected chi connectivity index (χ3v) is 6.87. The lowest BCUT2D eigenvalue weighted by molar-refractivity contribution is -0.137. The van der Waals surface area contributed by atoms with Crippen molar-refractivity contribution >= 4 is 11.9 Å². The van der Waals surface area contributed by atoms with Gasteiger partial charge in [0.2, 0.25) is 0 Å². The van der Waals surface area contributed by atoms with E-state index in [1.165, 1.54) is 0 Å². The lowest BCUT2D eigenvalue weighted by Gasteiger charge is -2.46. The molecule has 0 spiro atoms. The molecule has 3 heterocycles. The zero-order valence-electron chi connectivity index (χ0n) is 17.6. The third kappa shape index (κ3) is 4.48. The van der Waals surface area contributed by atoms with Gasteiger partial charge in [0.05, 0.1) is 11.3 Å². The number of aliphatic carboxylic acids is 1. The molecule has 0 bridgehead atoms. The molecule has 2 saturated heterocycles. The summed E-state index contributed by atoms with van der Waals surface area (Å²) in [6.45, 7) is 7.42. The first kappa shape index (κ1) is 20.3. The van der Waals surface area contributed by atoms with E-state index >= 15 is 0 Å². The van der Waals surface area contributed by atoms with Crippen molar-refractivity contribution in [2.24, 2.45) is 5.92 Å². The van der Waals surface area contributed by atoms with Crippen molar-refractivity contribution in [1.82, 2.24) is 24.9 Å². The third-order valence-electron chi connectivity index (χ3n) is 6.87. The van der Waals surface area contributed by atoms with Crippen molar-refractivity contribution in [1.29, 1.82) is 0 Å². The van der Waals surface area contributed by atoms with Crippen molar-refractivity contribution in [2.45, 2.75) is 51.0 Å². The molecule has 0 unspecified atom stereocenters. The number of carbonyl (C=O) groups is 2. The van der Waals surface area contributed by atoms with Crippen LogP contribution in [-0.2, 0) is 4.79 Å². The number of piperidine rings is 1. The van der Waals surface area contributed by atoms with Gasteiger partial charge in [-0.05, 0) is 45.6 Å². The minimum absolute atomic E-state index is 0.0651. The second-order valence-electron chi connectivity index (χ2n) is 9.02. The van der Waals surface area contributed by atoms with E-state index in [9.17, 15) is 14.7 Å². The molecule has 2 aliphatic heterocycles. The molecule has 3 fully saturated rings. The average Bonchev–Trinajstić information content (AvgIpc) is 3.48. The van der Waals surface area contributed by atoms with Gasteiger partial charge in [-0.2, -0.15) is 5.10 Å². The number of amides is 1. The molecule has 1 amide bonds. The van der Waals surface area contributed by atoms with E-state index in [1.807, 2.05) is 11.8 Å². The molecule has 4 rings (SSSR count). The molecule has 8 nitrogen and oxygen atoms in total. The van der Waals surface area contributed by atoms with E-state index in [4.69, 9.17) is 0 Å². The number of aromatic nitrogens is 2. The molecule has 0 aromatic carbocycles. The number of carbonyl (C=O) groups excluding carboxylic acids is 1. The van der Waals surface area contributed by atoms with Crippen molar-refractivity contribution in [2.75, 3.05) is 46.3 Å². The maximum Gasteiger partial charge on any atom is 0.303 e. The molecule has 160 valence electrons. The SMILES string of the molecule is Cc1[nH]nc(C2CC2)c1C(=O)N1CC[C@H](N2CCN(C)CC2)[C@H](CCC(=O)O)C1. The van der Waals surface area contributed by atoms with Gasteiger partial charge in [0, 0.05) is 63.3 Å². The first-order valence-electron chi connectivity index (χ1n) is 10.9. The molecule has 1 aliphatic carbocycles. The topological polar surface area (TPSA) is 92.8 Å². The highest BCUT2D eigenvalue weighted by Crippen LogP contribution is 2.41. The number of likely N-dealkylation sites (N-methyl/N-ethyl adjacent to an activating group) is 1. The fourth-order valence-corrected chi connectivity index (χ4v) is 4.96. The van der Waals surface area contributed by atoms with Crippen molar-refractivity contribution in [3.63, 3.8) is 0 Å². The fourth-order valence-electron chi connectivity index (χ4n) is 4.96. The minimum atomic E-state index is -0.757. The molecule has 1 aromatic heterocycles. The Hall–Kier alpha value is -1.93. The second kappa shape index (κ2) is 8.44. The minimum Gasteiger partial charge on any atom is -0.481 e. The van der Waals surface area contributed by atoms with Crippen LogP contribution in [0.15, 0.2) is 0 Å².